The van der Waals surface area contributed by atoms with Crippen LogP contribution in [0.15, 0.2) is 0 Å². The van der Waals surface area contributed by atoms with Crippen LogP contribution >= 0.6 is 0 Å². The number of aliphatic hydroxyl groups is 1. The number of hydrogen-bond acceptors (Lipinski definition) is 1. The molecule has 0 radical (unpaired) electrons. The van der Waals surface area contributed by atoms with E-state index in [1.165, 1.54) is 0 Å². The highest BCUT2D eigenvalue weighted by Gasteiger charge is 2.71. The van der Waals surface area contributed by atoms with Crippen molar-refractivity contribution in [1.82, 2.24) is 0 Å². The van der Waals surface area contributed by atoms with Crippen LogP contribution in [-0.2, 0) is 10.8 Å². The van der Waals surface area contributed by atoms with Crippen molar-refractivity contribution in [2.24, 2.45) is 0 Å². The van der Waals surface area contributed by atoms with Gasteiger partial charge in [0.1, 0.15) is 0 Å². The van der Waals surface area contributed by atoms with Crippen LogP contribution in [0.25, 0.3) is 345 Å². The molecule has 0 amide bonds. The van der Waals surface area contributed by atoms with Gasteiger partial charge in [-0.1, -0.05) is 0 Å². The molecule has 33 aromatic carbocycles. The smallest absolute Gasteiger partial charge is 0.0552 e. The molecular weight excluding hydrogens is 905 g/mol. The lowest BCUT2D eigenvalue weighted by molar-refractivity contribution is 0.0665. The zero-order chi connectivity index (χ0) is 44.0. The van der Waals surface area contributed by atoms with Crippen molar-refractivity contribution in [1.29, 1.82) is 0 Å². The Morgan fingerprint density at radius 2 is 0.307 bits per heavy atom. The van der Waals surface area contributed by atoms with Crippen LogP contribution in [0, 0.1) is 0 Å². The fourth-order valence-electron chi connectivity index (χ4n) is 29.0. The third kappa shape index (κ3) is 1.37. The Balaban J connectivity index is 1.20. The van der Waals surface area contributed by atoms with Crippen molar-refractivity contribution in [3.05, 3.63) is 22.3 Å². The van der Waals surface area contributed by atoms with Gasteiger partial charge in [-0.15, -0.1) is 0 Å². The molecule has 1 N–H and O–H groups in total. The number of aliphatic hydroxyl groups excluding tert-OH is 1. The molecule has 2 spiro atoms. The Morgan fingerprint density at radius 3 is 0.533 bits per heavy atom. The minimum atomic E-state index is -0.358. The van der Waals surface area contributed by atoms with Crippen molar-refractivity contribution in [3.8, 4) is 0 Å². The summed E-state index contributed by atoms with van der Waals surface area (Å²) in [6.45, 7) is 0. The van der Waals surface area contributed by atoms with Crippen molar-refractivity contribution >= 4 is 345 Å². The first-order chi connectivity index (χ1) is 37.3. The standard InChI is InChI=1S/C74H8O/c75-4-1-2-73-69-62-55-44-33-25-15-11-5-6-8-10-9-7(5)14-17(15)29-35(33)46-47-36(29)34-22(14)20(9)27-26-21(10)23-16(8)19-18-12(6)13(11)24-28(25)42(44)50-48-32(24)30(18)38-31(19)39-37(23)43-40(26)49-41(27)45(34)56-58(47)67(66(69)57(46)55)70-63(56)61(49)65-54(43)52(39)59-51(38)53(48)64(60(50)62)71(73)68(59)72(65)74(70,73)3-4/h4,75H,1-3H2. The second-order valence-corrected chi connectivity index (χ2v) is 28.7. The normalized spacial score (nSPS) is 23.9. The van der Waals surface area contributed by atoms with Crippen LogP contribution in [0.5, 0.6) is 0 Å². The van der Waals surface area contributed by atoms with Crippen molar-refractivity contribution in [2.75, 3.05) is 0 Å². The SMILES string of the molecule is OC1CCC23c4c5c6c7c8c9c%10c(c%11c2c2c%12c4c4c5c5c%13c6c8c6c8c9c9c%14c%10c%10c%11c%11c2c2c%12c%12c4c4c5c5c%13c6c6c%13c8c9c8c9c%14c%10c%10c%11c%11c2c2c%12c4c4c5c6c5c%13c8c6c9c%10c%11c8c2c4c5c86)C73C1. The highest BCUT2D eigenvalue weighted by Crippen LogP contribution is 2.86. The first-order valence-corrected chi connectivity index (χ1v) is 28.5. The molecule has 5 aliphatic rings. The van der Waals surface area contributed by atoms with Crippen LogP contribution in [0.4, 0.5) is 0 Å². The molecule has 38 rings (SSSR count). The van der Waals surface area contributed by atoms with E-state index in [1.807, 2.05) is 0 Å². The summed E-state index contributed by atoms with van der Waals surface area (Å²) in [5.74, 6) is 0. The van der Waals surface area contributed by atoms with Gasteiger partial charge in [0.05, 0.1) is 6.10 Å². The molecule has 0 bridgehead atoms. The number of benzene rings is 22. The van der Waals surface area contributed by atoms with Crippen molar-refractivity contribution in [3.63, 3.8) is 0 Å². The molecule has 75 heavy (non-hydrogen) atoms. The van der Waals surface area contributed by atoms with Gasteiger partial charge in [-0.05, 0) is 386 Å². The van der Waals surface area contributed by atoms with E-state index in [4.69, 9.17) is 0 Å². The van der Waals surface area contributed by atoms with E-state index in [2.05, 4.69) is 0 Å². The van der Waals surface area contributed by atoms with E-state index >= 15 is 0 Å². The predicted octanol–water partition coefficient (Wildman–Crippen LogP) is 19.8. The summed E-state index contributed by atoms with van der Waals surface area (Å²) in [5.41, 5.74) is 6.29. The van der Waals surface area contributed by atoms with Crippen LogP contribution in [0.1, 0.15) is 41.5 Å². The zero-order valence-electron chi connectivity index (χ0n) is 38.1. The molecule has 1 nitrogen and oxygen atoms in total. The minimum absolute atomic E-state index is 0.248. The quantitative estimate of drug-likeness (QED) is 0.119. The van der Waals surface area contributed by atoms with Gasteiger partial charge in [0.15, 0.2) is 0 Å². The fourth-order valence-corrected chi connectivity index (χ4v) is 29.0. The average molecular weight is 913 g/mol. The maximum atomic E-state index is 13.1. The van der Waals surface area contributed by atoms with Gasteiger partial charge in [-0.25, -0.2) is 0 Å². The molecule has 0 aliphatic heterocycles. The van der Waals surface area contributed by atoms with E-state index in [0.29, 0.717) is 0 Å². The second kappa shape index (κ2) is 5.89. The van der Waals surface area contributed by atoms with Gasteiger partial charge in [0, 0.05) is 10.8 Å². The highest BCUT2D eigenvalue weighted by molar-refractivity contribution is 6.83. The summed E-state index contributed by atoms with van der Waals surface area (Å²) in [6.07, 6.45) is 2.39. The molecule has 0 heterocycles. The van der Waals surface area contributed by atoms with E-state index in [9.17, 15) is 5.11 Å². The van der Waals surface area contributed by atoms with E-state index in [-0.39, 0.29) is 16.9 Å². The zero-order valence-corrected chi connectivity index (χ0v) is 38.1. The number of rotatable bonds is 0. The fraction of sp³-hybridized carbons (Fsp3) is 0.0811. The van der Waals surface area contributed by atoms with Gasteiger partial charge in [0.2, 0.25) is 0 Å². The van der Waals surface area contributed by atoms with Gasteiger partial charge in [0.25, 0.3) is 0 Å². The molecule has 3 unspecified atom stereocenters. The molecule has 0 saturated heterocycles. The molecule has 33 aromatic rings. The van der Waals surface area contributed by atoms with Crippen LogP contribution < -0.4 is 0 Å². The average Bonchev–Trinajstić information content (AvgIpc) is 2.17. The second-order valence-electron chi connectivity index (χ2n) is 28.7. The van der Waals surface area contributed by atoms with E-state index in [0.717, 1.165) is 19.3 Å². The molecule has 0 aromatic heterocycles. The largest absolute Gasteiger partial charge is 0.393 e. The summed E-state index contributed by atoms with van der Waals surface area (Å²) in [7, 11) is 0. The minimum Gasteiger partial charge on any atom is -0.393 e. The van der Waals surface area contributed by atoms with Gasteiger partial charge < -0.3 is 5.11 Å². The lowest BCUT2D eigenvalue weighted by atomic mass is 9.45. The topological polar surface area (TPSA) is 20.2 Å². The summed E-state index contributed by atoms with van der Waals surface area (Å²) < 4.78 is 0. The lowest BCUT2D eigenvalue weighted by Crippen LogP contribution is -2.55. The highest BCUT2D eigenvalue weighted by atomic mass is 16.3. The summed E-state index contributed by atoms with van der Waals surface area (Å²) in [5, 5.41) is 119. The summed E-state index contributed by atoms with van der Waals surface area (Å²) >= 11 is 0. The van der Waals surface area contributed by atoms with E-state index < -0.39 is 0 Å². The molecule has 5 aliphatic carbocycles. The first kappa shape index (κ1) is 26.9. The van der Waals surface area contributed by atoms with Crippen LogP contribution in [-0.4, -0.2) is 11.2 Å². The maximum Gasteiger partial charge on any atom is 0.0552 e. The van der Waals surface area contributed by atoms with Crippen molar-refractivity contribution < 1.29 is 5.11 Å². The third-order valence-corrected chi connectivity index (χ3v) is 28.8. The van der Waals surface area contributed by atoms with Crippen LogP contribution in [0.3, 0.4) is 0 Å². The Kier molecular flexibility index (Phi) is 2.11. The monoisotopic (exact) mass is 912 g/mol. The number of hydrogen-bond donors (Lipinski definition) is 1. The molecule has 1 fully saturated rings. The Hall–Kier alpha value is -8.88. The Morgan fingerprint density at radius 1 is 0.173 bits per heavy atom. The molecular formula is C74H8O. The van der Waals surface area contributed by atoms with Gasteiger partial charge >= 0.3 is 0 Å². The third-order valence-electron chi connectivity index (χ3n) is 28.8. The van der Waals surface area contributed by atoms with E-state index in [1.54, 1.807) is 367 Å². The molecule has 310 valence electrons. The molecule has 3 atom stereocenters. The lowest BCUT2D eigenvalue weighted by Gasteiger charge is -2.56. The molecule has 1 heteroatoms. The summed E-state index contributed by atoms with van der Waals surface area (Å²) in [4.78, 5) is 0. The van der Waals surface area contributed by atoms with Crippen molar-refractivity contribution in [2.45, 2.75) is 36.2 Å². The Bertz CT molecular complexity index is 8670. The van der Waals surface area contributed by atoms with Gasteiger partial charge in [-0.2, -0.15) is 0 Å². The van der Waals surface area contributed by atoms with Crippen LogP contribution in [0.2, 0.25) is 0 Å². The maximum absolute atomic E-state index is 13.1. The molecule has 1 saturated carbocycles. The van der Waals surface area contributed by atoms with Gasteiger partial charge in [-0.3, -0.25) is 0 Å². The first-order valence-electron chi connectivity index (χ1n) is 28.5. The summed E-state index contributed by atoms with van der Waals surface area (Å²) in [6, 6.07) is 0. The Labute approximate surface area is 406 Å². The predicted molar refractivity (Wildman–Crippen MR) is 317 cm³/mol.